The average Bonchev–Trinajstić information content (AvgIpc) is 3.13. The number of hydrogen-bond acceptors (Lipinski definition) is 5. The van der Waals surface area contributed by atoms with Crippen LogP contribution in [0.15, 0.2) is 40.0 Å². The van der Waals surface area contributed by atoms with Crippen LogP contribution in [0, 0.1) is 6.92 Å². The maximum atomic E-state index is 12.8. The van der Waals surface area contributed by atoms with Crippen molar-refractivity contribution in [1.29, 1.82) is 0 Å². The van der Waals surface area contributed by atoms with E-state index in [0.29, 0.717) is 10.6 Å². The molecule has 142 valence electrons. The van der Waals surface area contributed by atoms with Crippen molar-refractivity contribution >= 4 is 45.0 Å². The van der Waals surface area contributed by atoms with Crippen molar-refractivity contribution in [3.05, 3.63) is 51.9 Å². The third-order valence-corrected chi connectivity index (χ3v) is 7.62. The third kappa shape index (κ3) is 4.58. The molecule has 2 aromatic rings. The molecule has 1 N–H and O–H groups in total. The van der Waals surface area contributed by atoms with Crippen molar-refractivity contribution in [2.75, 3.05) is 31.1 Å². The summed E-state index contributed by atoms with van der Waals surface area (Å²) in [6.45, 7) is 3.80. The lowest BCUT2D eigenvalue weighted by molar-refractivity contribution is 0.218. The summed E-state index contributed by atoms with van der Waals surface area (Å²) in [7, 11) is -3.76. The number of benzene rings is 1. The standard InChI is InChI=1S/C17H20Cl2N2O3S2/c1-12-8-17(15(19)9-14(12)18)26(22,23)20-10-16(13-2-5-24-11-13)21-3-6-25-7-4-21/h2,5,8-9,11,16,20H,3-4,6-7,10H2,1H3. The molecule has 1 aromatic carbocycles. The van der Waals surface area contributed by atoms with Gasteiger partial charge in [0, 0.05) is 41.7 Å². The van der Waals surface area contributed by atoms with Gasteiger partial charge in [-0.2, -0.15) is 11.8 Å². The van der Waals surface area contributed by atoms with Gasteiger partial charge in [0.25, 0.3) is 0 Å². The van der Waals surface area contributed by atoms with Crippen LogP contribution >= 0.6 is 35.0 Å². The van der Waals surface area contributed by atoms with Crippen LogP contribution < -0.4 is 4.72 Å². The Morgan fingerprint density at radius 3 is 2.65 bits per heavy atom. The normalized spacial score (nSPS) is 17.3. The fraction of sp³-hybridized carbons (Fsp3) is 0.412. The first-order valence-corrected chi connectivity index (χ1v) is 11.6. The molecule has 3 rings (SSSR count). The Kier molecular flexibility index (Phi) is 6.59. The monoisotopic (exact) mass is 434 g/mol. The summed E-state index contributed by atoms with van der Waals surface area (Å²) in [6.07, 6.45) is 3.27. The highest BCUT2D eigenvalue weighted by atomic mass is 35.5. The van der Waals surface area contributed by atoms with E-state index in [-0.39, 0.29) is 22.5 Å². The number of hydrogen-bond donors (Lipinski definition) is 1. The SMILES string of the molecule is Cc1cc(S(=O)(=O)NCC(c2ccoc2)N2CCSCC2)c(Cl)cc1Cl. The molecular formula is C17H20Cl2N2O3S2. The molecule has 2 heterocycles. The summed E-state index contributed by atoms with van der Waals surface area (Å²) in [5.41, 5.74) is 1.62. The lowest BCUT2D eigenvalue weighted by atomic mass is 10.1. The van der Waals surface area contributed by atoms with Crippen LogP contribution in [-0.4, -0.2) is 44.5 Å². The number of nitrogens with one attached hydrogen (secondary N) is 1. The van der Waals surface area contributed by atoms with Gasteiger partial charge in [-0.05, 0) is 30.7 Å². The lowest BCUT2D eigenvalue weighted by Crippen LogP contribution is -2.41. The highest BCUT2D eigenvalue weighted by Crippen LogP contribution is 2.29. The first kappa shape index (κ1) is 20.0. The summed E-state index contributed by atoms with van der Waals surface area (Å²) in [5.74, 6) is 2.06. The number of halogens is 2. The van der Waals surface area contributed by atoms with Gasteiger partial charge in [0.2, 0.25) is 10.0 Å². The first-order valence-electron chi connectivity index (χ1n) is 8.17. The van der Waals surface area contributed by atoms with Gasteiger partial charge in [0.1, 0.15) is 4.90 Å². The zero-order valence-electron chi connectivity index (χ0n) is 14.2. The Balaban J connectivity index is 1.81. The minimum atomic E-state index is -3.76. The number of thioether (sulfide) groups is 1. The van der Waals surface area contributed by atoms with Crippen molar-refractivity contribution in [2.45, 2.75) is 17.9 Å². The summed E-state index contributed by atoms with van der Waals surface area (Å²) in [6, 6.07) is 4.75. The van der Waals surface area contributed by atoms with Gasteiger partial charge >= 0.3 is 0 Å². The molecule has 0 bridgehead atoms. The van der Waals surface area contributed by atoms with Crippen molar-refractivity contribution in [1.82, 2.24) is 9.62 Å². The average molecular weight is 435 g/mol. The van der Waals surface area contributed by atoms with E-state index in [1.807, 2.05) is 17.8 Å². The number of sulfonamides is 1. The molecular weight excluding hydrogens is 415 g/mol. The molecule has 0 radical (unpaired) electrons. The fourth-order valence-corrected chi connectivity index (χ4v) is 5.71. The summed E-state index contributed by atoms with van der Waals surface area (Å²) >= 11 is 14.0. The molecule has 1 fully saturated rings. The van der Waals surface area contributed by atoms with E-state index >= 15 is 0 Å². The Bertz CT molecular complexity index is 851. The molecule has 9 heteroatoms. The van der Waals surface area contributed by atoms with E-state index < -0.39 is 10.0 Å². The number of furan rings is 1. The van der Waals surface area contributed by atoms with E-state index in [0.717, 1.165) is 30.2 Å². The zero-order valence-corrected chi connectivity index (χ0v) is 17.4. The minimum Gasteiger partial charge on any atom is -0.472 e. The van der Waals surface area contributed by atoms with Crippen molar-refractivity contribution in [3.8, 4) is 0 Å². The highest BCUT2D eigenvalue weighted by molar-refractivity contribution is 7.99. The summed E-state index contributed by atoms with van der Waals surface area (Å²) < 4.78 is 33.5. The Hall–Kier alpha value is -0.700. The van der Waals surface area contributed by atoms with Crippen LogP contribution in [0.3, 0.4) is 0 Å². The quantitative estimate of drug-likeness (QED) is 0.744. The van der Waals surface area contributed by atoms with Gasteiger partial charge in [-0.25, -0.2) is 13.1 Å². The molecule has 1 atom stereocenters. The van der Waals surface area contributed by atoms with Crippen molar-refractivity contribution in [3.63, 3.8) is 0 Å². The number of aryl methyl sites for hydroxylation is 1. The molecule has 1 aliphatic rings. The second kappa shape index (κ2) is 8.54. The molecule has 1 unspecified atom stereocenters. The molecule has 0 saturated carbocycles. The Morgan fingerprint density at radius 1 is 1.27 bits per heavy atom. The van der Waals surface area contributed by atoms with Crippen LogP contribution in [0.2, 0.25) is 10.0 Å². The first-order chi connectivity index (χ1) is 12.4. The Morgan fingerprint density at radius 2 is 2.00 bits per heavy atom. The summed E-state index contributed by atoms with van der Waals surface area (Å²) in [5, 5.41) is 0.554. The van der Waals surface area contributed by atoms with E-state index in [1.165, 1.54) is 12.1 Å². The summed E-state index contributed by atoms with van der Waals surface area (Å²) in [4.78, 5) is 2.32. The molecule has 0 amide bonds. The van der Waals surface area contributed by atoms with Gasteiger partial charge in [0.15, 0.2) is 0 Å². The Labute approximate surface area is 168 Å². The molecule has 26 heavy (non-hydrogen) atoms. The minimum absolute atomic E-state index is 0.0428. The fourth-order valence-electron chi connectivity index (χ4n) is 2.91. The second-order valence-electron chi connectivity index (χ2n) is 6.10. The molecule has 1 aromatic heterocycles. The molecule has 0 spiro atoms. The predicted molar refractivity (Wildman–Crippen MR) is 107 cm³/mol. The maximum Gasteiger partial charge on any atom is 0.242 e. The van der Waals surface area contributed by atoms with Crippen molar-refractivity contribution in [2.24, 2.45) is 0 Å². The zero-order chi connectivity index (χ0) is 18.7. The largest absolute Gasteiger partial charge is 0.472 e. The third-order valence-electron chi connectivity index (χ3n) is 4.38. The second-order valence-corrected chi connectivity index (χ2v) is 9.88. The van der Waals surface area contributed by atoms with Gasteiger partial charge in [-0.15, -0.1) is 0 Å². The lowest BCUT2D eigenvalue weighted by Gasteiger charge is -2.33. The van der Waals surface area contributed by atoms with Gasteiger partial charge in [0.05, 0.1) is 23.6 Å². The van der Waals surface area contributed by atoms with E-state index in [2.05, 4.69) is 9.62 Å². The smallest absolute Gasteiger partial charge is 0.242 e. The van der Waals surface area contributed by atoms with Crippen LogP contribution in [-0.2, 0) is 10.0 Å². The highest BCUT2D eigenvalue weighted by Gasteiger charge is 2.26. The van der Waals surface area contributed by atoms with E-state index in [9.17, 15) is 8.42 Å². The van der Waals surface area contributed by atoms with E-state index in [1.54, 1.807) is 19.5 Å². The molecule has 1 saturated heterocycles. The van der Waals surface area contributed by atoms with Crippen LogP contribution in [0.5, 0.6) is 0 Å². The van der Waals surface area contributed by atoms with Crippen molar-refractivity contribution < 1.29 is 12.8 Å². The van der Waals surface area contributed by atoms with Gasteiger partial charge in [-0.1, -0.05) is 23.2 Å². The van der Waals surface area contributed by atoms with Crippen LogP contribution in [0.25, 0.3) is 0 Å². The van der Waals surface area contributed by atoms with E-state index in [4.69, 9.17) is 27.6 Å². The van der Waals surface area contributed by atoms with Crippen LogP contribution in [0.1, 0.15) is 17.2 Å². The maximum absolute atomic E-state index is 12.8. The molecule has 0 aliphatic carbocycles. The van der Waals surface area contributed by atoms with Gasteiger partial charge < -0.3 is 4.42 Å². The van der Waals surface area contributed by atoms with Crippen LogP contribution in [0.4, 0.5) is 0 Å². The topological polar surface area (TPSA) is 62.6 Å². The predicted octanol–water partition coefficient (Wildman–Crippen LogP) is 3.96. The molecule has 1 aliphatic heterocycles. The molecule has 5 nitrogen and oxygen atoms in total. The van der Waals surface area contributed by atoms with Gasteiger partial charge in [-0.3, -0.25) is 4.90 Å². The number of rotatable bonds is 6. The number of nitrogens with zero attached hydrogens (tertiary/aromatic N) is 1.